The van der Waals surface area contributed by atoms with Crippen LogP contribution in [0.1, 0.15) is 39.0 Å². The zero-order valence-corrected chi connectivity index (χ0v) is 14.0. The first-order valence-corrected chi connectivity index (χ1v) is 9.27. The van der Waals surface area contributed by atoms with E-state index < -0.39 is 10.0 Å². The molecule has 0 amide bonds. The Morgan fingerprint density at radius 1 is 1.40 bits per heavy atom. The summed E-state index contributed by atoms with van der Waals surface area (Å²) in [4.78, 5) is 0.158. The summed E-state index contributed by atoms with van der Waals surface area (Å²) < 4.78 is 28.4. The fraction of sp³-hybridized carbons (Fsp3) is 0.571. The second-order valence-corrected chi connectivity index (χ2v) is 8.04. The predicted molar refractivity (Wildman–Crippen MR) is 84.9 cm³/mol. The van der Waals surface area contributed by atoms with E-state index >= 15 is 0 Å². The SMILES string of the molecule is CCC1CCCC(NS(=O)(=O)c2cc(Br)ccc2N)C1. The standard InChI is InChI=1S/C14H21BrN2O2S/c1-2-10-4-3-5-12(8-10)17-20(18,19)14-9-11(15)6-7-13(14)16/h6-7,9-10,12,17H,2-5,8,16H2,1H3. The Morgan fingerprint density at radius 2 is 2.15 bits per heavy atom. The van der Waals surface area contributed by atoms with E-state index in [0.29, 0.717) is 10.4 Å². The van der Waals surface area contributed by atoms with Crippen LogP contribution in [0, 0.1) is 5.92 Å². The molecule has 20 heavy (non-hydrogen) atoms. The molecule has 1 aliphatic carbocycles. The molecule has 0 spiro atoms. The van der Waals surface area contributed by atoms with Crippen LogP contribution >= 0.6 is 15.9 Å². The van der Waals surface area contributed by atoms with Crippen LogP contribution in [0.15, 0.2) is 27.6 Å². The molecule has 1 saturated carbocycles. The van der Waals surface area contributed by atoms with Gasteiger partial charge in [0.1, 0.15) is 4.90 Å². The predicted octanol–water partition coefficient (Wildman–Crippen LogP) is 3.28. The lowest BCUT2D eigenvalue weighted by Gasteiger charge is -2.29. The molecule has 0 heterocycles. The first-order valence-electron chi connectivity index (χ1n) is 6.99. The van der Waals surface area contributed by atoms with Gasteiger partial charge in [-0.15, -0.1) is 0 Å². The van der Waals surface area contributed by atoms with Gasteiger partial charge in [0.05, 0.1) is 5.69 Å². The minimum Gasteiger partial charge on any atom is -0.398 e. The Labute approximate surface area is 129 Å². The first kappa shape index (κ1) is 15.8. The molecule has 2 unspecified atom stereocenters. The minimum absolute atomic E-state index is 0.0251. The van der Waals surface area contributed by atoms with Gasteiger partial charge in [0.2, 0.25) is 10.0 Å². The van der Waals surface area contributed by atoms with Gasteiger partial charge in [0.25, 0.3) is 0 Å². The van der Waals surface area contributed by atoms with Crippen LogP contribution < -0.4 is 10.5 Å². The summed E-state index contributed by atoms with van der Waals surface area (Å²) in [6, 6.07) is 4.92. The fourth-order valence-corrected chi connectivity index (χ4v) is 4.75. The third kappa shape index (κ3) is 3.74. The lowest BCUT2D eigenvalue weighted by Crippen LogP contribution is -2.38. The molecule has 0 aliphatic heterocycles. The van der Waals surface area contributed by atoms with E-state index in [0.717, 1.165) is 25.7 Å². The number of halogens is 1. The van der Waals surface area contributed by atoms with Gasteiger partial charge in [0, 0.05) is 10.5 Å². The lowest BCUT2D eigenvalue weighted by molar-refractivity contribution is 0.301. The van der Waals surface area contributed by atoms with Gasteiger partial charge >= 0.3 is 0 Å². The van der Waals surface area contributed by atoms with Crippen molar-refractivity contribution in [3.63, 3.8) is 0 Å². The van der Waals surface area contributed by atoms with Crippen molar-refractivity contribution in [2.24, 2.45) is 5.92 Å². The van der Waals surface area contributed by atoms with Gasteiger partial charge in [-0.1, -0.05) is 42.1 Å². The number of nitrogen functional groups attached to an aromatic ring is 1. The summed E-state index contributed by atoms with van der Waals surface area (Å²) >= 11 is 3.29. The van der Waals surface area contributed by atoms with Crippen molar-refractivity contribution in [2.45, 2.75) is 50.0 Å². The summed E-state index contributed by atoms with van der Waals surface area (Å²) in [5.74, 6) is 0.622. The maximum atomic E-state index is 12.5. The molecule has 2 atom stereocenters. The van der Waals surface area contributed by atoms with Gasteiger partial charge in [-0.2, -0.15) is 0 Å². The number of benzene rings is 1. The maximum absolute atomic E-state index is 12.5. The van der Waals surface area contributed by atoms with Crippen LogP contribution in [0.25, 0.3) is 0 Å². The van der Waals surface area contributed by atoms with Crippen molar-refractivity contribution in [3.8, 4) is 0 Å². The van der Waals surface area contributed by atoms with Crippen molar-refractivity contribution in [1.29, 1.82) is 0 Å². The zero-order valence-electron chi connectivity index (χ0n) is 11.6. The molecule has 2 rings (SSSR count). The van der Waals surface area contributed by atoms with E-state index in [1.165, 1.54) is 6.42 Å². The Hall–Kier alpha value is -0.590. The number of anilines is 1. The van der Waals surface area contributed by atoms with Gasteiger partial charge in [-0.25, -0.2) is 13.1 Å². The number of sulfonamides is 1. The van der Waals surface area contributed by atoms with Crippen LogP contribution in [0.2, 0.25) is 0 Å². The van der Waals surface area contributed by atoms with Crippen LogP contribution in [0.4, 0.5) is 5.69 Å². The number of hydrogen-bond donors (Lipinski definition) is 2. The normalized spacial score (nSPS) is 23.7. The second-order valence-electron chi connectivity index (χ2n) is 5.44. The summed E-state index contributed by atoms with van der Waals surface area (Å²) in [5, 5.41) is 0. The molecule has 1 aromatic rings. The van der Waals surface area contributed by atoms with Crippen LogP contribution in [0.5, 0.6) is 0 Å². The Bertz CT molecular complexity index is 575. The molecule has 6 heteroatoms. The Balaban J connectivity index is 2.16. The number of nitrogens with two attached hydrogens (primary N) is 1. The van der Waals surface area contributed by atoms with Crippen LogP contribution in [0.3, 0.4) is 0 Å². The Morgan fingerprint density at radius 3 is 2.85 bits per heavy atom. The molecule has 1 aliphatic rings. The monoisotopic (exact) mass is 360 g/mol. The van der Waals surface area contributed by atoms with E-state index in [9.17, 15) is 8.42 Å². The summed E-state index contributed by atoms with van der Waals surface area (Å²) in [5.41, 5.74) is 6.08. The van der Waals surface area contributed by atoms with Crippen molar-refractivity contribution >= 4 is 31.6 Å². The highest BCUT2D eigenvalue weighted by Crippen LogP contribution is 2.29. The van der Waals surface area contributed by atoms with Gasteiger partial charge in [0.15, 0.2) is 0 Å². The quantitative estimate of drug-likeness (QED) is 0.809. The minimum atomic E-state index is -3.55. The molecule has 0 radical (unpaired) electrons. The van der Waals surface area contributed by atoms with E-state index in [-0.39, 0.29) is 16.6 Å². The topological polar surface area (TPSA) is 72.2 Å². The smallest absolute Gasteiger partial charge is 0.242 e. The molecule has 4 nitrogen and oxygen atoms in total. The lowest BCUT2D eigenvalue weighted by atomic mass is 9.85. The molecule has 3 N–H and O–H groups in total. The van der Waals surface area contributed by atoms with Crippen LogP contribution in [-0.4, -0.2) is 14.5 Å². The van der Waals surface area contributed by atoms with Gasteiger partial charge < -0.3 is 5.73 Å². The largest absolute Gasteiger partial charge is 0.398 e. The molecule has 1 fully saturated rings. The van der Waals surface area contributed by atoms with Gasteiger partial charge in [-0.05, 0) is 37.0 Å². The summed E-state index contributed by atoms with van der Waals surface area (Å²) in [7, 11) is -3.55. The van der Waals surface area contributed by atoms with Crippen LogP contribution in [-0.2, 0) is 10.0 Å². The summed E-state index contributed by atoms with van der Waals surface area (Å²) in [6.07, 6.45) is 5.22. The van der Waals surface area contributed by atoms with Crippen molar-refractivity contribution in [2.75, 3.05) is 5.73 Å². The maximum Gasteiger partial charge on any atom is 0.242 e. The number of rotatable bonds is 4. The molecule has 0 bridgehead atoms. The molecule has 1 aromatic carbocycles. The van der Waals surface area contributed by atoms with E-state index in [1.807, 2.05) is 0 Å². The van der Waals surface area contributed by atoms with Crippen molar-refractivity contribution in [1.82, 2.24) is 4.72 Å². The number of nitrogens with one attached hydrogen (secondary N) is 1. The molecule has 0 saturated heterocycles. The molecule has 0 aromatic heterocycles. The van der Waals surface area contributed by atoms with E-state index in [2.05, 4.69) is 27.6 Å². The van der Waals surface area contributed by atoms with E-state index in [4.69, 9.17) is 5.73 Å². The second kappa shape index (κ2) is 6.45. The highest BCUT2D eigenvalue weighted by atomic mass is 79.9. The van der Waals surface area contributed by atoms with Crippen molar-refractivity contribution < 1.29 is 8.42 Å². The number of hydrogen-bond acceptors (Lipinski definition) is 3. The highest BCUT2D eigenvalue weighted by Gasteiger charge is 2.26. The molecular formula is C14H21BrN2O2S. The molecular weight excluding hydrogens is 340 g/mol. The first-order chi connectivity index (χ1) is 9.42. The third-order valence-electron chi connectivity index (χ3n) is 3.95. The third-order valence-corrected chi connectivity index (χ3v) is 6.02. The Kier molecular flexibility index (Phi) is 5.09. The zero-order chi connectivity index (χ0) is 14.8. The highest BCUT2D eigenvalue weighted by molar-refractivity contribution is 9.10. The van der Waals surface area contributed by atoms with Gasteiger partial charge in [-0.3, -0.25) is 0 Å². The fourth-order valence-electron chi connectivity index (χ4n) is 2.79. The average molecular weight is 361 g/mol. The van der Waals surface area contributed by atoms with Crippen molar-refractivity contribution in [3.05, 3.63) is 22.7 Å². The molecule has 112 valence electrons. The van der Waals surface area contributed by atoms with E-state index in [1.54, 1.807) is 18.2 Å². The summed E-state index contributed by atoms with van der Waals surface area (Å²) in [6.45, 7) is 2.16. The average Bonchev–Trinajstić information content (AvgIpc) is 2.41.